The highest BCUT2D eigenvalue weighted by molar-refractivity contribution is 5.98. The maximum Gasteiger partial charge on any atom is 0.241 e. The molecule has 2 atom stereocenters. The SMILES string of the molecule is CCC(C)C(N)C(=O)Nc1ccc(N2CCCC2=O)c(OC)c1. The average molecular weight is 319 g/mol. The molecule has 0 aliphatic carbocycles. The maximum absolute atomic E-state index is 12.2. The standard InChI is InChI=1S/C17H25N3O3/c1-4-11(2)16(18)17(22)19-12-7-8-13(14(10-12)23-3)20-9-5-6-15(20)21/h7-8,10-11,16H,4-6,9,18H2,1-3H3,(H,19,22). The Hall–Kier alpha value is -2.08. The molecular weight excluding hydrogens is 294 g/mol. The summed E-state index contributed by atoms with van der Waals surface area (Å²) in [5.74, 6) is 0.554. The van der Waals surface area contributed by atoms with Gasteiger partial charge in [0.2, 0.25) is 11.8 Å². The number of amides is 2. The van der Waals surface area contributed by atoms with Gasteiger partial charge in [-0.3, -0.25) is 9.59 Å². The zero-order chi connectivity index (χ0) is 17.0. The lowest BCUT2D eigenvalue weighted by Gasteiger charge is -2.21. The third-order valence-electron chi connectivity index (χ3n) is 4.37. The van der Waals surface area contributed by atoms with Crippen LogP contribution in [0.5, 0.6) is 5.75 Å². The van der Waals surface area contributed by atoms with E-state index in [2.05, 4.69) is 5.32 Å². The molecule has 1 saturated heterocycles. The van der Waals surface area contributed by atoms with E-state index in [1.165, 1.54) is 0 Å². The van der Waals surface area contributed by atoms with Gasteiger partial charge in [-0.2, -0.15) is 0 Å². The van der Waals surface area contributed by atoms with E-state index >= 15 is 0 Å². The summed E-state index contributed by atoms with van der Waals surface area (Å²) in [7, 11) is 1.55. The largest absolute Gasteiger partial charge is 0.494 e. The topological polar surface area (TPSA) is 84.7 Å². The van der Waals surface area contributed by atoms with Gasteiger partial charge in [-0.05, 0) is 24.5 Å². The van der Waals surface area contributed by atoms with Crippen LogP contribution >= 0.6 is 0 Å². The van der Waals surface area contributed by atoms with Crippen LogP contribution in [0.3, 0.4) is 0 Å². The Balaban J connectivity index is 2.16. The second kappa shape index (κ2) is 7.46. The van der Waals surface area contributed by atoms with Crippen LogP contribution in [-0.4, -0.2) is 31.5 Å². The first kappa shape index (κ1) is 17.3. The van der Waals surface area contributed by atoms with Crippen LogP contribution in [0.25, 0.3) is 0 Å². The smallest absolute Gasteiger partial charge is 0.241 e. The van der Waals surface area contributed by atoms with Crippen molar-refractivity contribution >= 4 is 23.2 Å². The van der Waals surface area contributed by atoms with Crippen molar-refractivity contribution in [2.24, 2.45) is 11.7 Å². The molecular formula is C17H25N3O3. The first-order valence-corrected chi connectivity index (χ1v) is 8.02. The van der Waals surface area contributed by atoms with Gasteiger partial charge < -0.3 is 20.7 Å². The molecule has 6 nitrogen and oxygen atoms in total. The highest BCUT2D eigenvalue weighted by Gasteiger charge is 2.25. The Morgan fingerprint density at radius 2 is 2.22 bits per heavy atom. The predicted octanol–water partition coefficient (Wildman–Crippen LogP) is 2.13. The molecule has 0 bridgehead atoms. The molecule has 1 aliphatic rings. The first-order valence-electron chi connectivity index (χ1n) is 8.02. The van der Waals surface area contributed by atoms with Crippen molar-refractivity contribution < 1.29 is 14.3 Å². The molecule has 126 valence electrons. The normalized spacial score (nSPS) is 17.0. The number of carbonyl (C=O) groups excluding carboxylic acids is 2. The van der Waals surface area contributed by atoms with E-state index in [9.17, 15) is 9.59 Å². The van der Waals surface area contributed by atoms with Crippen molar-refractivity contribution in [2.45, 2.75) is 39.2 Å². The number of anilines is 2. The highest BCUT2D eigenvalue weighted by Crippen LogP contribution is 2.33. The van der Waals surface area contributed by atoms with Gasteiger partial charge in [0.25, 0.3) is 0 Å². The number of nitrogens with two attached hydrogens (primary N) is 1. The van der Waals surface area contributed by atoms with Crippen molar-refractivity contribution in [1.29, 1.82) is 0 Å². The molecule has 23 heavy (non-hydrogen) atoms. The molecule has 1 heterocycles. The van der Waals surface area contributed by atoms with Gasteiger partial charge in [-0.15, -0.1) is 0 Å². The molecule has 3 N–H and O–H groups in total. The Labute approximate surface area is 137 Å². The van der Waals surface area contributed by atoms with E-state index in [4.69, 9.17) is 10.5 Å². The second-order valence-corrected chi connectivity index (χ2v) is 5.94. The molecule has 2 unspecified atom stereocenters. The van der Waals surface area contributed by atoms with Gasteiger partial charge >= 0.3 is 0 Å². The Morgan fingerprint density at radius 1 is 1.48 bits per heavy atom. The highest BCUT2D eigenvalue weighted by atomic mass is 16.5. The van der Waals surface area contributed by atoms with E-state index in [0.717, 1.165) is 18.5 Å². The fourth-order valence-corrected chi connectivity index (χ4v) is 2.62. The summed E-state index contributed by atoms with van der Waals surface area (Å²) in [5.41, 5.74) is 7.29. The predicted molar refractivity (Wildman–Crippen MR) is 90.6 cm³/mol. The molecule has 2 amide bonds. The summed E-state index contributed by atoms with van der Waals surface area (Å²) in [5, 5.41) is 2.81. The third-order valence-corrected chi connectivity index (χ3v) is 4.37. The summed E-state index contributed by atoms with van der Waals surface area (Å²) in [6.45, 7) is 4.65. The number of rotatable bonds is 6. The van der Waals surface area contributed by atoms with Gasteiger partial charge in [0.05, 0.1) is 18.8 Å². The fraction of sp³-hybridized carbons (Fsp3) is 0.529. The first-order chi connectivity index (χ1) is 11.0. The van der Waals surface area contributed by atoms with Crippen molar-refractivity contribution in [1.82, 2.24) is 0 Å². The minimum Gasteiger partial charge on any atom is -0.494 e. The van der Waals surface area contributed by atoms with Crippen molar-refractivity contribution in [3.05, 3.63) is 18.2 Å². The van der Waals surface area contributed by atoms with Crippen molar-refractivity contribution in [3.8, 4) is 5.75 Å². The van der Waals surface area contributed by atoms with Crippen LogP contribution in [0.15, 0.2) is 18.2 Å². The summed E-state index contributed by atoms with van der Waals surface area (Å²) in [6, 6.07) is 4.74. The minimum absolute atomic E-state index is 0.0962. The number of nitrogens with zero attached hydrogens (tertiary/aromatic N) is 1. The van der Waals surface area contributed by atoms with E-state index < -0.39 is 6.04 Å². The van der Waals surface area contributed by atoms with Gasteiger partial charge in [0.15, 0.2) is 0 Å². The van der Waals surface area contributed by atoms with Crippen LogP contribution in [0.2, 0.25) is 0 Å². The molecule has 0 saturated carbocycles. The number of hydrogen-bond donors (Lipinski definition) is 2. The number of nitrogens with one attached hydrogen (secondary N) is 1. The monoisotopic (exact) mass is 319 g/mol. The lowest BCUT2D eigenvalue weighted by Crippen LogP contribution is -2.40. The van der Waals surface area contributed by atoms with E-state index in [1.807, 2.05) is 13.8 Å². The van der Waals surface area contributed by atoms with Crippen LogP contribution in [0, 0.1) is 5.92 Å². The Kier molecular flexibility index (Phi) is 5.60. The zero-order valence-electron chi connectivity index (χ0n) is 14.0. The van der Waals surface area contributed by atoms with Crippen LogP contribution < -0.4 is 20.7 Å². The summed E-state index contributed by atoms with van der Waals surface area (Å²) < 4.78 is 5.38. The minimum atomic E-state index is -0.550. The Morgan fingerprint density at radius 3 is 2.78 bits per heavy atom. The quantitative estimate of drug-likeness (QED) is 0.841. The molecule has 6 heteroatoms. The van der Waals surface area contributed by atoms with Crippen molar-refractivity contribution in [3.63, 3.8) is 0 Å². The van der Waals surface area contributed by atoms with Crippen molar-refractivity contribution in [2.75, 3.05) is 23.9 Å². The lowest BCUT2D eigenvalue weighted by molar-refractivity contribution is -0.118. The molecule has 1 fully saturated rings. The van der Waals surface area contributed by atoms with Crippen LogP contribution in [0.4, 0.5) is 11.4 Å². The van der Waals surface area contributed by atoms with Gasteiger partial charge in [0, 0.05) is 24.7 Å². The summed E-state index contributed by atoms with van der Waals surface area (Å²) in [4.78, 5) is 25.8. The molecule has 1 aliphatic heterocycles. The van der Waals surface area contributed by atoms with Crippen LogP contribution in [-0.2, 0) is 9.59 Å². The molecule has 2 rings (SSSR count). The number of ether oxygens (including phenoxy) is 1. The van der Waals surface area contributed by atoms with Crippen LogP contribution in [0.1, 0.15) is 33.1 Å². The number of benzene rings is 1. The Bertz CT molecular complexity index is 588. The summed E-state index contributed by atoms with van der Waals surface area (Å²) in [6.07, 6.45) is 2.25. The number of carbonyl (C=O) groups is 2. The van der Waals surface area contributed by atoms with E-state index in [1.54, 1.807) is 30.2 Å². The second-order valence-electron chi connectivity index (χ2n) is 5.94. The number of hydrogen-bond acceptors (Lipinski definition) is 4. The summed E-state index contributed by atoms with van der Waals surface area (Å²) >= 11 is 0. The maximum atomic E-state index is 12.2. The molecule has 0 aromatic heterocycles. The molecule has 1 aromatic carbocycles. The lowest BCUT2D eigenvalue weighted by atomic mass is 9.99. The molecule has 0 spiro atoms. The van der Waals surface area contributed by atoms with Gasteiger partial charge in [0.1, 0.15) is 5.75 Å². The number of methoxy groups -OCH3 is 1. The van der Waals surface area contributed by atoms with Gasteiger partial charge in [-0.1, -0.05) is 20.3 Å². The molecule has 0 radical (unpaired) electrons. The van der Waals surface area contributed by atoms with E-state index in [0.29, 0.717) is 24.4 Å². The van der Waals surface area contributed by atoms with Gasteiger partial charge in [-0.25, -0.2) is 0 Å². The zero-order valence-corrected chi connectivity index (χ0v) is 14.0. The van der Waals surface area contributed by atoms with E-state index in [-0.39, 0.29) is 17.7 Å². The fourth-order valence-electron chi connectivity index (χ4n) is 2.62. The molecule has 1 aromatic rings. The average Bonchev–Trinajstić information content (AvgIpc) is 2.98. The third kappa shape index (κ3) is 3.82.